The second kappa shape index (κ2) is 5.88. The summed E-state index contributed by atoms with van der Waals surface area (Å²) >= 11 is 3.71. The van der Waals surface area contributed by atoms with Crippen molar-refractivity contribution in [1.29, 1.82) is 0 Å². The smallest absolute Gasteiger partial charge is 0.231 e. The Labute approximate surface area is 160 Å². The molecule has 3 atom stereocenters. The molecule has 2 aromatic carbocycles. The van der Waals surface area contributed by atoms with Crippen molar-refractivity contribution in [2.75, 3.05) is 12.1 Å². The largest absolute Gasteiger partial charge is 0.454 e. The fraction of sp³-hybridized carbons (Fsp3) is 0.286. The molecule has 0 radical (unpaired) electrons. The van der Waals surface area contributed by atoms with E-state index in [1.807, 2.05) is 24.3 Å². The van der Waals surface area contributed by atoms with Gasteiger partial charge in [-0.15, -0.1) is 0 Å². The number of nitrogens with one attached hydrogen (secondary N) is 1. The molecule has 5 rings (SSSR count). The van der Waals surface area contributed by atoms with Gasteiger partial charge < -0.3 is 14.8 Å². The maximum Gasteiger partial charge on any atom is 0.231 e. The van der Waals surface area contributed by atoms with Crippen LogP contribution in [0, 0.1) is 5.92 Å². The molecule has 0 amide bonds. The number of ether oxygens (including phenoxy) is 2. The van der Waals surface area contributed by atoms with Crippen LogP contribution in [0.4, 0.5) is 5.69 Å². The number of allylic oxidation sites excluding steroid dienone is 2. The molecule has 0 aromatic heterocycles. The Bertz CT molecular complexity index is 953. The summed E-state index contributed by atoms with van der Waals surface area (Å²) in [5.74, 6) is 2.40. The maximum absolute atomic E-state index is 11.8. The van der Waals surface area contributed by atoms with Crippen LogP contribution in [0.25, 0.3) is 0 Å². The van der Waals surface area contributed by atoms with Gasteiger partial charge in [-0.25, -0.2) is 0 Å². The third kappa shape index (κ3) is 2.37. The van der Waals surface area contributed by atoms with E-state index in [-0.39, 0.29) is 18.6 Å². The predicted molar refractivity (Wildman–Crippen MR) is 103 cm³/mol. The molecular weight excluding hydrogens is 394 g/mol. The highest BCUT2D eigenvalue weighted by Crippen LogP contribution is 2.52. The number of carbonyl (C=O) groups excluding carboxylic acids is 1. The Hall–Kier alpha value is -2.27. The molecule has 26 heavy (non-hydrogen) atoms. The molecule has 5 heteroatoms. The maximum atomic E-state index is 11.8. The van der Waals surface area contributed by atoms with Crippen molar-refractivity contribution in [3.8, 4) is 11.5 Å². The van der Waals surface area contributed by atoms with Crippen LogP contribution in [0.5, 0.6) is 11.5 Å². The van der Waals surface area contributed by atoms with Crippen molar-refractivity contribution in [3.05, 3.63) is 63.6 Å². The monoisotopic (exact) mass is 411 g/mol. The highest BCUT2D eigenvalue weighted by molar-refractivity contribution is 9.10. The lowest BCUT2D eigenvalue weighted by atomic mass is 9.76. The summed E-state index contributed by atoms with van der Waals surface area (Å²) in [5, 5.41) is 3.71. The number of carbonyl (C=O) groups is 1. The molecule has 2 aromatic rings. The van der Waals surface area contributed by atoms with E-state index in [4.69, 9.17) is 9.47 Å². The van der Waals surface area contributed by atoms with Crippen molar-refractivity contribution in [1.82, 2.24) is 0 Å². The molecule has 132 valence electrons. The second-order valence-electron chi connectivity index (χ2n) is 7.06. The standard InChI is InChI=1S/C21H18BrNO3/c1-11(24)12-5-6-18-15(7-12)13-3-2-4-14(13)21(23-18)16-8-19-20(9-17(16)22)26-10-25-19/h2-3,5-9,13-14,21,23H,4,10H2,1H3/t13-,14-,21+/m0/s1. The Kier molecular flexibility index (Phi) is 3.60. The van der Waals surface area contributed by atoms with Crippen LogP contribution in [-0.4, -0.2) is 12.6 Å². The third-order valence-corrected chi connectivity index (χ3v) is 6.28. The molecule has 0 spiro atoms. The van der Waals surface area contributed by atoms with Gasteiger partial charge in [-0.05, 0) is 60.7 Å². The predicted octanol–water partition coefficient (Wildman–Crippen LogP) is 5.21. The van der Waals surface area contributed by atoms with Crippen molar-refractivity contribution >= 4 is 27.4 Å². The minimum Gasteiger partial charge on any atom is -0.454 e. The average Bonchev–Trinajstić information content (AvgIpc) is 3.29. The summed E-state index contributed by atoms with van der Waals surface area (Å²) in [6, 6.07) is 10.2. The van der Waals surface area contributed by atoms with E-state index in [2.05, 4.69) is 39.5 Å². The number of Topliss-reactive ketones (excluding diaryl/α,β-unsaturated/α-hetero) is 1. The highest BCUT2D eigenvalue weighted by atomic mass is 79.9. The summed E-state index contributed by atoms with van der Waals surface area (Å²) in [5.41, 5.74) is 4.25. The Morgan fingerprint density at radius 3 is 2.77 bits per heavy atom. The van der Waals surface area contributed by atoms with Gasteiger partial charge in [-0.1, -0.05) is 28.1 Å². The van der Waals surface area contributed by atoms with Crippen LogP contribution < -0.4 is 14.8 Å². The van der Waals surface area contributed by atoms with Gasteiger partial charge >= 0.3 is 0 Å². The van der Waals surface area contributed by atoms with Gasteiger partial charge in [0.05, 0.1) is 6.04 Å². The summed E-state index contributed by atoms with van der Waals surface area (Å²) < 4.78 is 12.1. The summed E-state index contributed by atoms with van der Waals surface area (Å²) in [7, 11) is 0. The van der Waals surface area contributed by atoms with Gasteiger partial charge in [0, 0.05) is 21.6 Å². The first-order valence-corrected chi connectivity index (χ1v) is 9.58. The number of hydrogen-bond donors (Lipinski definition) is 1. The molecule has 2 heterocycles. The first kappa shape index (κ1) is 15.9. The van der Waals surface area contributed by atoms with E-state index in [0.29, 0.717) is 11.8 Å². The number of benzene rings is 2. The van der Waals surface area contributed by atoms with Gasteiger partial charge in [0.15, 0.2) is 17.3 Å². The van der Waals surface area contributed by atoms with Crippen LogP contribution in [0.3, 0.4) is 0 Å². The highest BCUT2D eigenvalue weighted by Gasteiger charge is 2.39. The average molecular weight is 412 g/mol. The quantitative estimate of drug-likeness (QED) is 0.544. The zero-order chi connectivity index (χ0) is 17.8. The van der Waals surface area contributed by atoms with Crippen molar-refractivity contribution in [3.63, 3.8) is 0 Å². The number of ketones is 1. The van der Waals surface area contributed by atoms with E-state index in [0.717, 1.165) is 33.6 Å². The SMILES string of the molecule is CC(=O)c1ccc2c(c1)[C@H]1C=CC[C@@H]1[C@H](c1cc3c(cc1Br)OCO3)N2. The van der Waals surface area contributed by atoms with E-state index >= 15 is 0 Å². The van der Waals surface area contributed by atoms with Gasteiger partial charge in [-0.3, -0.25) is 4.79 Å². The molecule has 0 unspecified atom stereocenters. The van der Waals surface area contributed by atoms with Gasteiger partial charge in [0.1, 0.15) is 0 Å². The van der Waals surface area contributed by atoms with E-state index in [1.54, 1.807) is 6.92 Å². The van der Waals surface area contributed by atoms with Crippen LogP contribution in [0.2, 0.25) is 0 Å². The lowest BCUT2D eigenvalue weighted by Gasteiger charge is -2.38. The number of fused-ring (bicyclic) bond motifs is 4. The summed E-state index contributed by atoms with van der Waals surface area (Å²) in [6.07, 6.45) is 5.54. The molecule has 0 fully saturated rings. The van der Waals surface area contributed by atoms with E-state index < -0.39 is 0 Å². The molecule has 3 aliphatic rings. The molecule has 4 nitrogen and oxygen atoms in total. The fourth-order valence-corrected chi connectivity index (χ4v) is 4.86. The number of anilines is 1. The van der Waals surface area contributed by atoms with Gasteiger partial charge in [0.25, 0.3) is 0 Å². The lowest BCUT2D eigenvalue weighted by Crippen LogP contribution is -2.29. The fourth-order valence-electron chi connectivity index (χ4n) is 4.29. The molecule has 0 bridgehead atoms. The summed E-state index contributed by atoms with van der Waals surface area (Å²) in [4.78, 5) is 11.8. The first-order chi connectivity index (χ1) is 12.6. The zero-order valence-electron chi connectivity index (χ0n) is 14.3. The van der Waals surface area contributed by atoms with Crippen LogP contribution >= 0.6 is 15.9 Å². The minimum absolute atomic E-state index is 0.104. The zero-order valence-corrected chi connectivity index (χ0v) is 15.9. The van der Waals surface area contributed by atoms with Crippen molar-refractivity contribution in [2.24, 2.45) is 5.92 Å². The summed E-state index contributed by atoms with van der Waals surface area (Å²) in [6.45, 7) is 1.89. The van der Waals surface area contributed by atoms with Crippen LogP contribution in [-0.2, 0) is 0 Å². The van der Waals surface area contributed by atoms with E-state index in [9.17, 15) is 4.79 Å². The van der Waals surface area contributed by atoms with Crippen molar-refractivity contribution < 1.29 is 14.3 Å². The molecule has 0 saturated heterocycles. The minimum atomic E-state index is 0.104. The Balaban J connectivity index is 1.59. The van der Waals surface area contributed by atoms with Crippen molar-refractivity contribution in [2.45, 2.75) is 25.3 Å². The Morgan fingerprint density at radius 1 is 1.15 bits per heavy atom. The normalized spacial score (nSPS) is 24.8. The first-order valence-electron chi connectivity index (χ1n) is 8.79. The van der Waals surface area contributed by atoms with Gasteiger partial charge in [-0.2, -0.15) is 0 Å². The number of hydrogen-bond acceptors (Lipinski definition) is 4. The third-order valence-electron chi connectivity index (χ3n) is 5.60. The number of halogens is 1. The topological polar surface area (TPSA) is 47.6 Å². The molecule has 2 aliphatic heterocycles. The molecule has 1 aliphatic carbocycles. The second-order valence-corrected chi connectivity index (χ2v) is 7.92. The lowest BCUT2D eigenvalue weighted by molar-refractivity contribution is 0.101. The molecule has 1 N–H and O–H groups in total. The Morgan fingerprint density at radius 2 is 1.96 bits per heavy atom. The van der Waals surface area contributed by atoms with E-state index in [1.165, 1.54) is 11.1 Å². The van der Waals surface area contributed by atoms with Crippen LogP contribution in [0.1, 0.15) is 46.8 Å². The van der Waals surface area contributed by atoms with Crippen LogP contribution in [0.15, 0.2) is 47.0 Å². The molecular formula is C21H18BrNO3. The van der Waals surface area contributed by atoms with Gasteiger partial charge in [0.2, 0.25) is 6.79 Å². The number of rotatable bonds is 2. The molecule has 0 saturated carbocycles.